The fourth-order valence-corrected chi connectivity index (χ4v) is 12.2. The van der Waals surface area contributed by atoms with Crippen molar-refractivity contribution in [3.05, 3.63) is 0 Å². The first kappa shape index (κ1) is 27.7. The lowest BCUT2D eigenvalue weighted by molar-refractivity contribution is -0.162. The van der Waals surface area contributed by atoms with Gasteiger partial charge in [-0.15, -0.1) is 0 Å². The van der Waals surface area contributed by atoms with Crippen molar-refractivity contribution in [1.82, 2.24) is 0 Å². The summed E-state index contributed by atoms with van der Waals surface area (Å²) in [5.41, 5.74) is 14.2. The van der Waals surface area contributed by atoms with Crippen molar-refractivity contribution >= 4 is 34.5 Å². The fourth-order valence-electron chi connectivity index (χ4n) is 11.0. The van der Waals surface area contributed by atoms with E-state index in [0.717, 1.165) is 25.7 Å². The standard InChI is InChI=1S/C29H45IN2O6/c1-14(33)37-22-10-27(11-23(22)38-15(2)34)18-6-16(5-17(7-18)25(27)31)20-8-19-9-21(20)26(32)28(19)12-24(35-3)29(30,13-28)36-4/h16-26H,5-13,31-32H2,1-4H3/t16?,17?,18?,19-,20?,21-,22+,23?,24?,25-,26-,27?,28?,29+/m1/s1. The van der Waals surface area contributed by atoms with Crippen LogP contribution in [0.15, 0.2) is 0 Å². The lowest BCUT2D eigenvalue weighted by Gasteiger charge is -2.46. The van der Waals surface area contributed by atoms with Crippen molar-refractivity contribution in [3.63, 3.8) is 0 Å². The monoisotopic (exact) mass is 644 g/mol. The molecule has 6 rings (SSSR count). The molecule has 38 heavy (non-hydrogen) atoms. The van der Waals surface area contributed by atoms with Crippen molar-refractivity contribution in [2.75, 3.05) is 14.2 Å². The first-order chi connectivity index (χ1) is 18.0. The van der Waals surface area contributed by atoms with Gasteiger partial charge in [-0.05, 0) is 127 Å². The number of hydrogen-bond acceptors (Lipinski definition) is 8. The Morgan fingerprint density at radius 3 is 1.87 bits per heavy atom. The van der Waals surface area contributed by atoms with Crippen LogP contribution in [0.3, 0.4) is 0 Å². The zero-order valence-electron chi connectivity index (χ0n) is 23.2. The Labute approximate surface area is 240 Å². The van der Waals surface area contributed by atoms with Gasteiger partial charge in [0.2, 0.25) is 0 Å². The van der Waals surface area contributed by atoms with Crippen LogP contribution < -0.4 is 11.5 Å². The Hall–Kier alpha value is -0.490. The number of nitrogens with two attached hydrogens (primary N) is 2. The second-order valence-electron chi connectivity index (χ2n) is 13.7. The van der Waals surface area contributed by atoms with Crippen molar-refractivity contribution in [2.45, 2.75) is 106 Å². The highest BCUT2D eigenvalue weighted by molar-refractivity contribution is 14.1. The molecule has 6 aliphatic carbocycles. The number of hydrogen-bond donors (Lipinski definition) is 2. The molecule has 0 saturated heterocycles. The van der Waals surface area contributed by atoms with Crippen LogP contribution in [-0.2, 0) is 28.5 Å². The van der Waals surface area contributed by atoms with Crippen LogP contribution in [0.4, 0.5) is 0 Å². The summed E-state index contributed by atoms with van der Waals surface area (Å²) < 4.78 is 22.9. The first-order valence-corrected chi connectivity index (χ1v) is 15.7. The second kappa shape index (κ2) is 9.53. The second-order valence-corrected chi connectivity index (χ2v) is 15.6. The molecule has 0 aromatic rings. The molecule has 4 bridgehead atoms. The summed E-state index contributed by atoms with van der Waals surface area (Å²) in [6.07, 6.45) is 8.59. The first-order valence-electron chi connectivity index (χ1n) is 14.6. The average Bonchev–Trinajstić information content (AvgIpc) is 3.62. The topological polar surface area (TPSA) is 123 Å². The molecule has 0 radical (unpaired) electrons. The van der Waals surface area contributed by atoms with Crippen LogP contribution in [0.5, 0.6) is 0 Å². The highest BCUT2D eigenvalue weighted by atomic mass is 127. The minimum absolute atomic E-state index is 0.0494. The summed E-state index contributed by atoms with van der Waals surface area (Å²) in [4.78, 5) is 23.7. The zero-order chi connectivity index (χ0) is 27.2. The molecular weight excluding hydrogens is 599 g/mol. The summed E-state index contributed by atoms with van der Waals surface area (Å²) >= 11 is 2.46. The number of esters is 2. The van der Waals surface area contributed by atoms with E-state index in [2.05, 4.69) is 22.6 Å². The van der Waals surface area contributed by atoms with E-state index < -0.39 is 12.2 Å². The van der Waals surface area contributed by atoms with Gasteiger partial charge in [-0.1, -0.05) is 0 Å². The molecule has 0 aromatic heterocycles. The van der Waals surface area contributed by atoms with Crippen molar-refractivity contribution < 1.29 is 28.5 Å². The maximum absolute atomic E-state index is 11.9. The molecule has 6 fully saturated rings. The van der Waals surface area contributed by atoms with Gasteiger partial charge in [-0.2, -0.15) is 0 Å². The molecule has 6 aliphatic rings. The summed E-state index contributed by atoms with van der Waals surface area (Å²) in [6.45, 7) is 2.86. The van der Waals surface area contributed by atoms with Gasteiger partial charge >= 0.3 is 11.9 Å². The SMILES string of the molecule is COC1CC2(C[C@]1(I)OC)[C@@H]1CC(C3CC4CC(C3)C3(CC(OC(C)=O)[C@@H](OC(C)=O)C3)[C@@H]4N)[C@@H](C1)[C@H]2N. The minimum Gasteiger partial charge on any atom is -0.459 e. The third kappa shape index (κ3) is 3.95. The summed E-state index contributed by atoms with van der Waals surface area (Å²) in [5, 5.41) is 0. The Balaban J connectivity index is 1.19. The number of methoxy groups -OCH3 is 2. The molecule has 9 heteroatoms. The fraction of sp³-hybridized carbons (Fsp3) is 0.931. The predicted octanol–water partition coefficient (Wildman–Crippen LogP) is 3.56. The molecule has 0 aromatic carbocycles. The van der Waals surface area contributed by atoms with Gasteiger partial charge in [0.1, 0.15) is 15.8 Å². The molecular formula is C29H45IN2O6. The normalized spacial score (nSPS) is 54.8. The molecule has 8 nitrogen and oxygen atoms in total. The molecule has 0 aliphatic heterocycles. The highest BCUT2D eigenvalue weighted by Gasteiger charge is 2.69. The maximum atomic E-state index is 11.9. The van der Waals surface area contributed by atoms with Crippen molar-refractivity contribution in [2.24, 2.45) is 57.8 Å². The minimum atomic E-state index is -0.401. The summed E-state index contributed by atoms with van der Waals surface area (Å²) in [6, 6.07) is 0.236. The maximum Gasteiger partial charge on any atom is 0.303 e. The lowest BCUT2D eigenvalue weighted by Crippen LogP contribution is -2.50. The molecule has 4 N–H and O–H groups in total. The zero-order valence-corrected chi connectivity index (χ0v) is 25.4. The van der Waals surface area contributed by atoms with Gasteiger partial charge in [-0.25, -0.2) is 0 Å². The van der Waals surface area contributed by atoms with Crippen LogP contribution in [-0.4, -0.2) is 60.2 Å². The quantitative estimate of drug-likeness (QED) is 0.265. The number of carbonyl (C=O) groups is 2. The number of alkyl halides is 1. The Kier molecular flexibility index (Phi) is 6.94. The third-order valence-corrected chi connectivity index (χ3v) is 13.9. The van der Waals surface area contributed by atoms with Gasteiger partial charge in [0.25, 0.3) is 0 Å². The molecule has 14 atom stereocenters. The largest absolute Gasteiger partial charge is 0.459 e. The van der Waals surface area contributed by atoms with E-state index in [1.54, 1.807) is 14.2 Å². The van der Waals surface area contributed by atoms with Crippen LogP contribution >= 0.6 is 22.6 Å². The molecule has 8 unspecified atom stereocenters. The van der Waals surface area contributed by atoms with E-state index in [4.69, 9.17) is 30.4 Å². The molecule has 2 spiro atoms. The molecule has 0 amide bonds. The smallest absolute Gasteiger partial charge is 0.303 e. The molecule has 214 valence electrons. The van der Waals surface area contributed by atoms with E-state index in [-0.39, 0.29) is 44.6 Å². The lowest BCUT2D eigenvalue weighted by atomic mass is 9.60. The van der Waals surface area contributed by atoms with Gasteiger partial charge < -0.3 is 30.4 Å². The number of rotatable bonds is 5. The van der Waals surface area contributed by atoms with Crippen LogP contribution in [0.25, 0.3) is 0 Å². The number of fused-ring (bicyclic) bond motifs is 6. The summed E-state index contributed by atoms with van der Waals surface area (Å²) in [7, 11) is 3.60. The summed E-state index contributed by atoms with van der Waals surface area (Å²) in [5.74, 6) is 2.76. The van der Waals surface area contributed by atoms with Crippen molar-refractivity contribution in [1.29, 1.82) is 0 Å². The van der Waals surface area contributed by atoms with Crippen LogP contribution in [0.1, 0.15) is 71.6 Å². The van der Waals surface area contributed by atoms with Gasteiger partial charge in [0, 0.05) is 40.2 Å². The Bertz CT molecular complexity index is 953. The number of ether oxygens (including phenoxy) is 4. The average molecular weight is 645 g/mol. The van der Waals surface area contributed by atoms with E-state index in [1.165, 1.54) is 33.1 Å². The van der Waals surface area contributed by atoms with E-state index in [1.807, 2.05) is 0 Å². The van der Waals surface area contributed by atoms with Crippen LogP contribution in [0.2, 0.25) is 0 Å². The van der Waals surface area contributed by atoms with Gasteiger partial charge in [-0.3, -0.25) is 9.59 Å². The van der Waals surface area contributed by atoms with E-state index in [0.29, 0.717) is 48.3 Å². The van der Waals surface area contributed by atoms with Gasteiger partial charge in [0.15, 0.2) is 0 Å². The third-order valence-electron chi connectivity index (χ3n) is 12.4. The van der Waals surface area contributed by atoms with Crippen molar-refractivity contribution in [3.8, 4) is 0 Å². The number of halogens is 1. The Morgan fingerprint density at radius 1 is 0.763 bits per heavy atom. The van der Waals surface area contributed by atoms with E-state index >= 15 is 0 Å². The predicted molar refractivity (Wildman–Crippen MR) is 149 cm³/mol. The molecule has 6 saturated carbocycles. The Morgan fingerprint density at radius 2 is 1.34 bits per heavy atom. The van der Waals surface area contributed by atoms with Crippen LogP contribution in [0, 0.1) is 46.3 Å². The van der Waals surface area contributed by atoms with E-state index in [9.17, 15) is 9.59 Å². The highest BCUT2D eigenvalue weighted by Crippen LogP contribution is 2.70. The molecule has 0 heterocycles. The van der Waals surface area contributed by atoms with Gasteiger partial charge in [0.05, 0.1) is 6.10 Å². The number of carbonyl (C=O) groups excluding carboxylic acids is 2.